The van der Waals surface area contributed by atoms with Crippen LogP contribution >= 0.6 is 0 Å². The highest BCUT2D eigenvalue weighted by atomic mass is 16.5. The van der Waals surface area contributed by atoms with Crippen molar-refractivity contribution >= 4 is 11.9 Å². The van der Waals surface area contributed by atoms with E-state index >= 15 is 0 Å². The van der Waals surface area contributed by atoms with Crippen LogP contribution in [-0.4, -0.2) is 49.2 Å². The first-order valence-corrected chi connectivity index (χ1v) is 6.65. The van der Waals surface area contributed by atoms with Crippen LogP contribution in [0, 0.1) is 0 Å². The molecular weight excluding hydrogens is 244 g/mol. The van der Waals surface area contributed by atoms with Gasteiger partial charge in [0.15, 0.2) is 0 Å². The zero-order chi connectivity index (χ0) is 13.5. The summed E-state index contributed by atoms with van der Waals surface area (Å²) in [5, 5.41) is 2.81. The third kappa shape index (κ3) is 3.89. The third-order valence-corrected chi connectivity index (χ3v) is 3.10. The van der Waals surface area contributed by atoms with Crippen molar-refractivity contribution in [3.8, 4) is 0 Å². The molecule has 0 spiro atoms. The predicted molar refractivity (Wildman–Crippen MR) is 72.3 cm³/mol. The molecule has 0 atom stereocenters. The molecular formula is C13H20N4O2. The van der Waals surface area contributed by atoms with E-state index in [9.17, 15) is 4.79 Å². The molecule has 1 aromatic heterocycles. The maximum absolute atomic E-state index is 11.8. The highest BCUT2D eigenvalue weighted by Gasteiger charge is 2.15. The maximum Gasteiger partial charge on any atom is 0.254 e. The van der Waals surface area contributed by atoms with Crippen molar-refractivity contribution in [1.29, 1.82) is 0 Å². The van der Waals surface area contributed by atoms with Gasteiger partial charge in [0, 0.05) is 45.7 Å². The Hall–Kier alpha value is -1.69. The van der Waals surface area contributed by atoms with Crippen molar-refractivity contribution in [2.24, 2.45) is 0 Å². The van der Waals surface area contributed by atoms with Gasteiger partial charge in [0.05, 0.1) is 5.56 Å². The molecule has 1 aliphatic heterocycles. The molecule has 1 aliphatic rings. The summed E-state index contributed by atoms with van der Waals surface area (Å²) in [6, 6.07) is 0. The number of aromatic nitrogens is 2. The molecule has 2 heterocycles. The fourth-order valence-electron chi connectivity index (χ4n) is 2.04. The lowest BCUT2D eigenvalue weighted by Crippen LogP contribution is -2.26. The molecule has 0 aromatic carbocycles. The van der Waals surface area contributed by atoms with Crippen LogP contribution in [0.25, 0.3) is 0 Å². The van der Waals surface area contributed by atoms with Crippen molar-refractivity contribution in [3.63, 3.8) is 0 Å². The monoisotopic (exact) mass is 264 g/mol. The number of hydrogen-bond acceptors (Lipinski definition) is 5. The van der Waals surface area contributed by atoms with Crippen molar-refractivity contribution in [2.45, 2.75) is 19.3 Å². The Bertz CT molecular complexity index is 402. The highest BCUT2D eigenvalue weighted by Crippen LogP contribution is 2.14. The summed E-state index contributed by atoms with van der Waals surface area (Å²) in [5.74, 6) is 0.581. The van der Waals surface area contributed by atoms with Crippen LogP contribution < -0.4 is 10.2 Å². The largest absolute Gasteiger partial charge is 0.385 e. The number of hydrogen-bond donors (Lipinski definition) is 1. The molecule has 1 aromatic rings. The Balaban J connectivity index is 1.85. The van der Waals surface area contributed by atoms with Crippen LogP contribution in [0.1, 0.15) is 29.6 Å². The molecule has 0 aliphatic carbocycles. The van der Waals surface area contributed by atoms with E-state index in [1.165, 1.54) is 12.8 Å². The first-order chi connectivity index (χ1) is 9.31. The van der Waals surface area contributed by atoms with Crippen molar-refractivity contribution in [1.82, 2.24) is 15.3 Å². The molecule has 1 saturated heterocycles. The minimum atomic E-state index is -0.135. The molecule has 0 bridgehead atoms. The number of carbonyl (C=O) groups excluding carboxylic acids is 1. The summed E-state index contributed by atoms with van der Waals surface area (Å²) in [4.78, 5) is 22.4. The van der Waals surface area contributed by atoms with Crippen molar-refractivity contribution < 1.29 is 9.53 Å². The van der Waals surface area contributed by atoms with E-state index in [4.69, 9.17) is 4.74 Å². The topological polar surface area (TPSA) is 67.3 Å². The van der Waals surface area contributed by atoms with Gasteiger partial charge in [-0.2, -0.15) is 0 Å². The molecule has 0 radical (unpaired) electrons. The first-order valence-electron chi connectivity index (χ1n) is 6.65. The zero-order valence-electron chi connectivity index (χ0n) is 11.3. The minimum absolute atomic E-state index is 0.135. The standard InChI is InChI=1S/C13H20N4O2/c1-19-8-4-5-14-12(18)11-9-15-13(16-10-11)17-6-2-3-7-17/h9-10H,2-8H2,1H3,(H,14,18). The SMILES string of the molecule is COCCCNC(=O)c1cnc(N2CCCC2)nc1. The molecule has 104 valence electrons. The Morgan fingerprint density at radius 2 is 2.05 bits per heavy atom. The van der Waals surface area contributed by atoms with Gasteiger partial charge in [0.25, 0.3) is 5.91 Å². The molecule has 0 unspecified atom stereocenters. The second kappa shape index (κ2) is 7.04. The lowest BCUT2D eigenvalue weighted by atomic mass is 10.3. The van der Waals surface area contributed by atoms with Crippen molar-refractivity contribution in [2.75, 3.05) is 38.3 Å². The molecule has 6 nitrogen and oxygen atoms in total. The summed E-state index contributed by atoms with van der Waals surface area (Å²) in [5.41, 5.74) is 0.500. The van der Waals surface area contributed by atoms with Gasteiger partial charge in [-0.25, -0.2) is 9.97 Å². The average molecular weight is 264 g/mol. The molecule has 19 heavy (non-hydrogen) atoms. The molecule has 1 amide bonds. The van der Waals surface area contributed by atoms with Crippen molar-refractivity contribution in [3.05, 3.63) is 18.0 Å². The number of nitrogens with one attached hydrogen (secondary N) is 1. The summed E-state index contributed by atoms with van der Waals surface area (Å²) in [6.07, 6.45) is 6.35. The van der Waals surface area contributed by atoms with E-state index in [-0.39, 0.29) is 5.91 Å². The van der Waals surface area contributed by atoms with Crippen LogP contribution in [0.3, 0.4) is 0 Å². The third-order valence-electron chi connectivity index (χ3n) is 3.10. The Morgan fingerprint density at radius 1 is 1.37 bits per heavy atom. The molecule has 0 saturated carbocycles. The smallest absolute Gasteiger partial charge is 0.254 e. The summed E-state index contributed by atoms with van der Waals surface area (Å²) in [7, 11) is 1.65. The number of carbonyl (C=O) groups is 1. The number of anilines is 1. The van der Waals surface area contributed by atoms with E-state index < -0.39 is 0 Å². The van der Waals surface area contributed by atoms with Crippen LogP contribution in [0.2, 0.25) is 0 Å². The summed E-state index contributed by atoms with van der Waals surface area (Å²) < 4.78 is 4.92. The van der Waals surface area contributed by atoms with Gasteiger partial charge in [-0.3, -0.25) is 4.79 Å². The molecule has 1 fully saturated rings. The van der Waals surface area contributed by atoms with E-state index in [2.05, 4.69) is 20.2 Å². The van der Waals surface area contributed by atoms with Crippen LogP contribution in [0.15, 0.2) is 12.4 Å². The van der Waals surface area contributed by atoms with E-state index in [1.54, 1.807) is 19.5 Å². The number of rotatable bonds is 6. The van der Waals surface area contributed by atoms with E-state index in [1.807, 2.05) is 0 Å². The lowest BCUT2D eigenvalue weighted by Gasteiger charge is -2.14. The van der Waals surface area contributed by atoms with Gasteiger partial charge in [0.1, 0.15) is 0 Å². The lowest BCUT2D eigenvalue weighted by molar-refractivity contribution is 0.0948. The Kier molecular flexibility index (Phi) is 5.09. The van der Waals surface area contributed by atoms with E-state index in [0.717, 1.165) is 19.5 Å². The van der Waals surface area contributed by atoms with E-state index in [0.29, 0.717) is 24.7 Å². The predicted octanol–water partition coefficient (Wildman–Crippen LogP) is 0.843. The average Bonchev–Trinajstić information content (AvgIpc) is 2.98. The Morgan fingerprint density at radius 3 is 2.68 bits per heavy atom. The van der Waals surface area contributed by atoms with Gasteiger partial charge in [-0.05, 0) is 19.3 Å². The van der Waals surface area contributed by atoms with Crippen LogP contribution in [-0.2, 0) is 4.74 Å². The molecule has 2 rings (SSSR count). The molecule has 6 heteroatoms. The van der Waals surface area contributed by atoms with Gasteiger partial charge in [0.2, 0.25) is 5.95 Å². The van der Waals surface area contributed by atoms with Gasteiger partial charge < -0.3 is 15.0 Å². The second-order valence-electron chi connectivity index (χ2n) is 4.57. The number of amides is 1. The summed E-state index contributed by atoms with van der Waals surface area (Å²) >= 11 is 0. The highest BCUT2D eigenvalue weighted by molar-refractivity contribution is 5.93. The van der Waals surface area contributed by atoms with Gasteiger partial charge in [-0.15, -0.1) is 0 Å². The Labute approximate surface area is 113 Å². The fraction of sp³-hybridized carbons (Fsp3) is 0.615. The van der Waals surface area contributed by atoms with Gasteiger partial charge >= 0.3 is 0 Å². The van der Waals surface area contributed by atoms with Crippen LogP contribution in [0.5, 0.6) is 0 Å². The normalized spacial score (nSPS) is 14.7. The number of ether oxygens (including phenoxy) is 1. The second-order valence-corrected chi connectivity index (χ2v) is 4.57. The first kappa shape index (κ1) is 13.7. The zero-order valence-corrected chi connectivity index (χ0v) is 11.3. The molecule has 1 N–H and O–H groups in total. The minimum Gasteiger partial charge on any atom is -0.385 e. The van der Waals surface area contributed by atoms with Gasteiger partial charge in [-0.1, -0.05) is 0 Å². The maximum atomic E-state index is 11.8. The quantitative estimate of drug-likeness (QED) is 0.771. The van der Waals surface area contributed by atoms with Crippen LogP contribution in [0.4, 0.5) is 5.95 Å². The fourth-order valence-corrected chi connectivity index (χ4v) is 2.04. The number of nitrogens with zero attached hydrogens (tertiary/aromatic N) is 3. The summed E-state index contributed by atoms with van der Waals surface area (Å²) in [6.45, 7) is 3.25. The number of methoxy groups -OCH3 is 1.